The first-order valence-corrected chi connectivity index (χ1v) is 8.37. The van der Waals surface area contributed by atoms with Gasteiger partial charge in [-0.25, -0.2) is 0 Å². The SMILES string of the molecule is CCN(CC)Cc1ccc(C(=O)N(CC)c2ccccc2)cc1. The molecule has 0 aliphatic rings. The molecule has 2 aromatic rings. The number of benzene rings is 2. The van der Waals surface area contributed by atoms with E-state index in [-0.39, 0.29) is 5.91 Å². The van der Waals surface area contributed by atoms with E-state index in [1.165, 1.54) is 5.56 Å². The Hall–Kier alpha value is -2.13. The van der Waals surface area contributed by atoms with Crippen LogP contribution in [0, 0.1) is 0 Å². The highest BCUT2D eigenvalue weighted by Gasteiger charge is 2.15. The number of carbonyl (C=O) groups is 1. The second-order valence-electron chi connectivity index (χ2n) is 5.54. The van der Waals surface area contributed by atoms with Crippen LogP contribution in [0.1, 0.15) is 36.7 Å². The Morgan fingerprint density at radius 1 is 0.826 bits per heavy atom. The summed E-state index contributed by atoms with van der Waals surface area (Å²) in [4.78, 5) is 16.9. The summed E-state index contributed by atoms with van der Waals surface area (Å²) in [5.74, 6) is 0.0492. The van der Waals surface area contributed by atoms with Crippen LogP contribution in [0.3, 0.4) is 0 Å². The molecule has 0 atom stereocenters. The molecule has 0 N–H and O–H groups in total. The lowest BCUT2D eigenvalue weighted by atomic mass is 10.1. The summed E-state index contributed by atoms with van der Waals surface area (Å²) in [6.45, 7) is 9.99. The predicted molar refractivity (Wildman–Crippen MR) is 96.9 cm³/mol. The molecular weight excluding hydrogens is 284 g/mol. The first kappa shape index (κ1) is 17.2. The number of amides is 1. The third kappa shape index (κ3) is 4.42. The van der Waals surface area contributed by atoms with Crippen LogP contribution in [0.15, 0.2) is 54.6 Å². The molecule has 122 valence electrons. The normalized spacial score (nSPS) is 10.8. The molecule has 2 aromatic carbocycles. The third-order valence-corrected chi connectivity index (χ3v) is 4.13. The number of hydrogen-bond donors (Lipinski definition) is 0. The van der Waals surface area contributed by atoms with E-state index >= 15 is 0 Å². The fourth-order valence-electron chi connectivity index (χ4n) is 2.67. The zero-order valence-corrected chi connectivity index (χ0v) is 14.3. The number of hydrogen-bond acceptors (Lipinski definition) is 2. The van der Waals surface area contributed by atoms with Crippen LogP contribution >= 0.6 is 0 Å². The average Bonchev–Trinajstić information content (AvgIpc) is 2.61. The van der Waals surface area contributed by atoms with Gasteiger partial charge in [-0.15, -0.1) is 0 Å². The molecule has 0 spiro atoms. The lowest BCUT2D eigenvalue weighted by Gasteiger charge is -2.21. The first-order valence-electron chi connectivity index (χ1n) is 8.37. The number of para-hydroxylation sites is 1. The van der Waals surface area contributed by atoms with Crippen molar-refractivity contribution in [2.24, 2.45) is 0 Å². The van der Waals surface area contributed by atoms with Crippen molar-refractivity contribution in [2.45, 2.75) is 27.3 Å². The smallest absolute Gasteiger partial charge is 0.258 e. The molecule has 0 fully saturated rings. The van der Waals surface area contributed by atoms with E-state index in [9.17, 15) is 4.79 Å². The van der Waals surface area contributed by atoms with Crippen molar-refractivity contribution in [3.05, 3.63) is 65.7 Å². The van der Waals surface area contributed by atoms with Crippen molar-refractivity contribution in [1.82, 2.24) is 4.90 Å². The minimum Gasteiger partial charge on any atom is -0.309 e. The summed E-state index contributed by atoms with van der Waals surface area (Å²) in [5, 5.41) is 0. The van der Waals surface area contributed by atoms with E-state index in [1.54, 1.807) is 4.90 Å². The van der Waals surface area contributed by atoms with E-state index in [1.807, 2.05) is 49.4 Å². The third-order valence-electron chi connectivity index (χ3n) is 4.13. The lowest BCUT2D eigenvalue weighted by Crippen LogP contribution is -2.30. The standard InChI is InChI=1S/C20H26N2O/c1-4-21(5-2)16-17-12-14-18(15-13-17)20(23)22(6-3)19-10-8-7-9-11-19/h7-15H,4-6,16H2,1-3H3. The van der Waals surface area contributed by atoms with Crippen molar-refractivity contribution >= 4 is 11.6 Å². The molecule has 0 saturated heterocycles. The highest BCUT2D eigenvalue weighted by molar-refractivity contribution is 6.06. The molecule has 0 aromatic heterocycles. The molecular formula is C20H26N2O. The summed E-state index contributed by atoms with van der Waals surface area (Å²) >= 11 is 0. The van der Waals surface area contributed by atoms with Gasteiger partial charge in [0.15, 0.2) is 0 Å². The maximum atomic E-state index is 12.7. The van der Waals surface area contributed by atoms with Gasteiger partial charge in [0, 0.05) is 24.3 Å². The highest BCUT2D eigenvalue weighted by atomic mass is 16.2. The Kier molecular flexibility index (Phi) is 6.36. The Balaban J connectivity index is 2.13. The molecule has 3 nitrogen and oxygen atoms in total. The number of nitrogens with zero attached hydrogens (tertiary/aromatic N) is 2. The molecule has 0 radical (unpaired) electrons. The molecule has 0 saturated carbocycles. The Bertz CT molecular complexity index is 603. The molecule has 0 bridgehead atoms. The Morgan fingerprint density at radius 3 is 1.96 bits per heavy atom. The monoisotopic (exact) mass is 310 g/mol. The lowest BCUT2D eigenvalue weighted by molar-refractivity contribution is 0.0988. The zero-order chi connectivity index (χ0) is 16.7. The molecule has 3 heteroatoms. The summed E-state index contributed by atoms with van der Waals surface area (Å²) < 4.78 is 0. The van der Waals surface area contributed by atoms with Crippen LogP contribution in [0.5, 0.6) is 0 Å². The van der Waals surface area contributed by atoms with Crippen LogP contribution in [0.25, 0.3) is 0 Å². The molecule has 0 heterocycles. The van der Waals surface area contributed by atoms with Crippen LogP contribution in [-0.2, 0) is 6.54 Å². The van der Waals surface area contributed by atoms with E-state index in [0.29, 0.717) is 6.54 Å². The summed E-state index contributed by atoms with van der Waals surface area (Å²) in [7, 11) is 0. The fourth-order valence-corrected chi connectivity index (χ4v) is 2.67. The second kappa shape index (κ2) is 8.49. The number of rotatable bonds is 7. The second-order valence-corrected chi connectivity index (χ2v) is 5.54. The number of anilines is 1. The summed E-state index contributed by atoms with van der Waals surface area (Å²) in [5.41, 5.74) is 2.92. The van der Waals surface area contributed by atoms with Crippen LogP contribution in [0.4, 0.5) is 5.69 Å². The van der Waals surface area contributed by atoms with Gasteiger partial charge in [-0.05, 0) is 49.8 Å². The van der Waals surface area contributed by atoms with Crippen molar-refractivity contribution in [1.29, 1.82) is 0 Å². The van der Waals surface area contributed by atoms with Gasteiger partial charge in [0.25, 0.3) is 5.91 Å². The van der Waals surface area contributed by atoms with E-state index in [2.05, 4.69) is 30.9 Å². The quantitative estimate of drug-likeness (QED) is 0.765. The van der Waals surface area contributed by atoms with E-state index < -0.39 is 0 Å². The Morgan fingerprint density at radius 2 is 1.43 bits per heavy atom. The summed E-state index contributed by atoms with van der Waals surface area (Å²) in [6, 6.07) is 17.8. The van der Waals surface area contributed by atoms with Gasteiger partial charge in [0.1, 0.15) is 0 Å². The van der Waals surface area contributed by atoms with Crippen LogP contribution in [0.2, 0.25) is 0 Å². The topological polar surface area (TPSA) is 23.6 Å². The van der Waals surface area contributed by atoms with Crippen molar-refractivity contribution < 1.29 is 4.79 Å². The zero-order valence-electron chi connectivity index (χ0n) is 14.3. The maximum Gasteiger partial charge on any atom is 0.258 e. The molecule has 0 aliphatic heterocycles. The molecule has 23 heavy (non-hydrogen) atoms. The molecule has 1 amide bonds. The van der Waals surface area contributed by atoms with Crippen molar-refractivity contribution in [3.8, 4) is 0 Å². The van der Waals surface area contributed by atoms with Crippen LogP contribution < -0.4 is 4.90 Å². The maximum absolute atomic E-state index is 12.7. The van der Waals surface area contributed by atoms with E-state index in [4.69, 9.17) is 0 Å². The average molecular weight is 310 g/mol. The van der Waals surface area contributed by atoms with Gasteiger partial charge >= 0.3 is 0 Å². The largest absolute Gasteiger partial charge is 0.309 e. The predicted octanol–water partition coefficient (Wildman–Crippen LogP) is 4.20. The summed E-state index contributed by atoms with van der Waals surface area (Å²) in [6.07, 6.45) is 0. The fraction of sp³-hybridized carbons (Fsp3) is 0.350. The van der Waals surface area contributed by atoms with Crippen molar-refractivity contribution in [3.63, 3.8) is 0 Å². The minimum absolute atomic E-state index is 0.0492. The first-order chi connectivity index (χ1) is 11.2. The molecule has 0 aliphatic carbocycles. The van der Waals surface area contributed by atoms with Gasteiger partial charge < -0.3 is 4.90 Å². The molecule has 2 rings (SSSR count). The van der Waals surface area contributed by atoms with Gasteiger partial charge in [0.05, 0.1) is 0 Å². The van der Waals surface area contributed by atoms with E-state index in [0.717, 1.165) is 30.9 Å². The number of carbonyl (C=O) groups excluding carboxylic acids is 1. The van der Waals surface area contributed by atoms with Crippen LogP contribution in [-0.4, -0.2) is 30.4 Å². The molecule has 0 unspecified atom stereocenters. The van der Waals surface area contributed by atoms with Crippen molar-refractivity contribution in [2.75, 3.05) is 24.5 Å². The van der Waals surface area contributed by atoms with Gasteiger partial charge in [-0.2, -0.15) is 0 Å². The van der Waals surface area contributed by atoms with Gasteiger partial charge in [-0.3, -0.25) is 9.69 Å². The highest BCUT2D eigenvalue weighted by Crippen LogP contribution is 2.17. The van der Waals surface area contributed by atoms with Gasteiger partial charge in [-0.1, -0.05) is 44.2 Å². The van der Waals surface area contributed by atoms with Gasteiger partial charge in [0.2, 0.25) is 0 Å². The Labute approximate surface area is 139 Å². The minimum atomic E-state index is 0.0492.